The van der Waals surface area contributed by atoms with Gasteiger partial charge in [-0.25, -0.2) is 8.78 Å². The maximum atomic E-state index is 13.8. The molecule has 1 aliphatic heterocycles. The first-order valence-corrected chi connectivity index (χ1v) is 6.61. The summed E-state index contributed by atoms with van der Waals surface area (Å²) in [5.41, 5.74) is -1.68. The van der Waals surface area contributed by atoms with E-state index in [4.69, 9.17) is 5.11 Å². The van der Waals surface area contributed by atoms with Crippen LogP contribution in [0.3, 0.4) is 0 Å². The Morgan fingerprint density at radius 1 is 1.30 bits per heavy atom. The summed E-state index contributed by atoms with van der Waals surface area (Å²) in [5, 5.41) is 23.5. The van der Waals surface area contributed by atoms with Crippen LogP contribution in [-0.2, 0) is 12.6 Å². The highest BCUT2D eigenvalue weighted by Crippen LogP contribution is 2.34. The Morgan fingerprint density at radius 3 is 2.52 bits per heavy atom. The molecule has 0 aliphatic carbocycles. The molecule has 1 aromatic carbocycles. The highest BCUT2D eigenvalue weighted by Gasteiger charge is 2.47. The first kappa shape index (κ1) is 15.3. The molecule has 0 unspecified atom stereocenters. The predicted octanol–water partition coefficient (Wildman–Crippen LogP) is 0.887. The van der Waals surface area contributed by atoms with Gasteiger partial charge in [0.15, 0.2) is 17.4 Å². The number of amides is 1. The third-order valence-corrected chi connectivity index (χ3v) is 3.85. The topological polar surface area (TPSA) is 78.6 Å². The van der Waals surface area contributed by atoms with Gasteiger partial charge in [0, 0.05) is 13.2 Å². The molecule has 9 heteroatoms. The Morgan fingerprint density at radius 2 is 1.96 bits per heavy atom. The number of likely N-dealkylation sites (tertiary alicyclic amines) is 1. The molecule has 1 aliphatic rings. The minimum atomic E-state index is -1.76. The van der Waals surface area contributed by atoms with Crippen molar-refractivity contribution >= 4 is 5.91 Å². The molecule has 1 saturated heterocycles. The van der Waals surface area contributed by atoms with E-state index in [1.807, 2.05) is 0 Å². The summed E-state index contributed by atoms with van der Waals surface area (Å²) in [6.07, 6.45) is 1.48. The highest BCUT2D eigenvalue weighted by atomic mass is 19.2. The molecule has 0 bridgehead atoms. The number of hydrogen-bond acceptors (Lipinski definition) is 4. The van der Waals surface area contributed by atoms with Crippen molar-refractivity contribution in [3.63, 3.8) is 0 Å². The lowest BCUT2D eigenvalue weighted by Crippen LogP contribution is -2.62. The van der Waals surface area contributed by atoms with Crippen LogP contribution in [-0.4, -0.2) is 43.9 Å². The van der Waals surface area contributed by atoms with Crippen LogP contribution in [0.5, 0.6) is 5.75 Å². The molecule has 122 valence electrons. The molecular weight excluding hydrogens is 315 g/mol. The largest absolute Gasteiger partial charge is 0.503 e. The van der Waals surface area contributed by atoms with Crippen molar-refractivity contribution in [1.82, 2.24) is 14.7 Å². The van der Waals surface area contributed by atoms with Gasteiger partial charge in [0.05, 0.1) is 24.3 Å². The smallest absolute Gasteiger partial charge is 0.257 e. The van der Waals surface area contributed by atoms with E-state index in [0.717, 1.165) is 4.90 Å². The summed E-state index contributed by atoms with van der Waals surface area (Å²) >= 11 is 0. The molecule has 3 rings (SSSR count). The zero-order valence-electron chi connectivity index (χ0n) is 11.9. The maximum Gasteiger partial charge on any atom is 0.257 e. The van der Waals surface area contributed by atoms with E-state index < -0.39 is 40.3 Å². The van der Waals surface area contributed by atoms with Crippen molar-refractivity contribution < 1.29 is 28.2 Å². The van der Waals surface area contributed by atoms with E-state index in [1.54, 1.807) is 13.1 Å². The molecule has 0 atom stereocenters. The van der Waals surface area contributed by atoms with Crippen molar-refractivity contribution in [2.45, 2.75) is 5.60 Å². The third kappa shape index (κ3) is 2.24. The molecule has 2 N–H and O–H groups in total. The number of benzene rings is 1. The van der Waals surface area contributed by atoms with Crippen LogP contribution >= 0.6 is 0 Å². The summed E-state index contributed by atoms with van der Waals surface area (Å²) in [6.45, 7) is -0.324. The molecule has 2 heterocycles. The second kappa shape index (κ2) is 4.98. The number of hydrogen-bond donors (Lipinski definition) is 2. The van der Waals surface area contributed by atoms with E-state index in [2.05, 4.69) is 5.10 Å². The molecule has 23 heavy (non-hydrogen) atoms. The summed E-state index contributed by atoms with van der Waals surface area (Å²) < 4.78 is 41.5. The van der Waals surface area contributed by atoms with Gasteiger partial charge in [-0.2, -0.15) is 9.49 Å². The van der Waals surface area contributed by atoms with Crippen LogP contribution in [0.4, 0.5) is 13.2 Å². The lowest BCUT2D eigenvalue weighted by atomic mass is 9.89. The standard InChI is InChI=1S/C14H12F3N3O3/c1-19-9(2-3-18-19)14(23)5-20(6-14)13(22)7-4-8(15)11(17)12(21)10(7)16/h2-4,21,23H,5-6H2,1H3. The zero-order chi connectivity index (χ0) is 16.9. The van der Waals surface area contributed by atoms with Gasteiger partial charge in [-0.15, -0.1) is 0 Å². The molecule has 0 spiro atoms. The van der Waals surface area contributed by atoms with Crippen molar-refractivity contribution in [3.8, 4) is 5.75 Å². The van der Waals surface area contributed by atoms with Crippen LogP contribution in [0, 0.1) is 17.5 Å². The van der Waals surface area contributed by atoms with Gasteiger partial charge in [-0.05, 0) is 12.1 Å². The summed E-state index contributed by atoms with van der Waals surface area (Å²) in [4.78, 5) is 13.2. The molecule has 0 radical (unpaired) electrons. The fourth-order valence-corrected chi connectivity index (χ4v) is 2.64. The monoisotopic (exact) mass is 327 g/mol. The van der Waals surface area contributed by atoms with Gasteiger partial charge in [-0.1, -0.05) is 0 Å². The average molecular weight is 327 g/mol. The Kier molecular flexibility index (Phi) is 3.33. The first-order valence-electron chi connectivity index (χ1n) is 6.61. The Hall–Kier alpha value is -2.55. The Labute approximate surface area is 128 Å². The Balaban J connectivity index is 1.84. The molecular formula is C14H12F3N3O3. The van der Waals surface area contributed by atoms with Crippen LogP contribution in [0.15, 0.2) is 18.3 Å². The van der Waals surface area contributed by atoms with E-state index in [9.17, 15) is 23.1 Å². The predicted molar refractivity (Wildman–Crippen MR) is 71.0 cm³/mol. The summed E-state index contributed by atoms with van der Waals surface area (Å²) in [5.74, 6) is -7.33. The number of phenolic OH excluding ortho intramolecular Hbond substituents is 1. The summed E-state index contributed by atoms with van der Waals surface area (Å²) in [6, 6.07) is 1.96. The Bertz CT molecular complexity index is 800. The van der Waals surface area contributed by atoms with E-state index in [0.29, 0.717) is 11.8 Å². The van der Waals surface area contributed by atoms with Gasteiger partial charge < -0.3 is 15.1 Å². The van der Waals surface area contributed by atoms with Gasteiger partial charge in [0.25, 0.3) is 5.91 Å². The van der Waals surface area contributed by atoms with E-state index in [1.165, 1.54) is 10.9 Å². The first-order chi connectivity index (χ1) is 10.7. The number of halogens is 3. The number of rotatable bonds is 2. The van der Waals surface area contributed by atoms with Crippen LogP contribution < -0.4 is 0 Å². The lowest BCUT2D eigenvalue weighted by Gasteiger charge is -2.46. The van der Waals surface area contributed by atoms with Crippen molar-refractivity contribution in [1.29, 1.82) is 0 Å². The maximum absolute atomic E-state index is 13.8. The molecule has 1 fully saturated rings. The second-order valence-electron chi connectivity index (χ2n) is 5.42. The highest BCUT2D eigenvalue weighted by molar-refractivity contribution is 5.95. The third-order valence-electron chi connectivity index (χ3n) is 3.85. The lowest BCUT2D eigenvalue weighted by molar-refractivity contribution is -0.0915. The quantitative estimate of drug-likeness (QED) is 0.803. The number of aryl methyl sites for hydroxylation is 1. The molecule has 0 saturated carbocycles. The molecule has 1 aromatic heterocycles. The molecule has 6 nitrogen and oxygen atoms in total. The van der Waals surface area contributed by atoms with Crippen LogP contribution in [0.1, 0.15) is 16.1 Å². The zero-order valence-corrected chi connectivity index (χ0v) is 11.9. The van der Waals surface area contributed by atoms with Gasteiger partial charge in [-0.3, -0.25) is 9.48 Å². The summed E-state index contributed by atoms with van der Waals surface area (Å²) in [7, 11) is 1.62. The van der Waals surface area contributed by atoms with Crippen LogP contribution in [0.2, 0.25) is 0 Å². The normalized spacial score (nSPS) is 16.3. The number of carbonyl (C=O) groups is 1. The fraction of sp³-hybridized carbons (Fsp3) is 0.286. The number of aromatic nitrogens is 2. The fourth-order valence-electron chi connectivity index (χ4n) is 2.64. The minimum Gasteiger partial charge on any atom is -0.503 e. The number of aliphatic hydroxyl groups is 1. The van der Waals surface area contributed by atoms with E-state index >= 15 is 0 Å². The number of phenols is 1. The van der Waals surface area contributed by atoms with Crippen molar-refractivity contribution in [3.05, 3.63) is 47.0 Å². The van der Waals surface area contributed by atoms with Gasteiger partial charge in [0.1, 0.15) is 5.60 Å². The van der Waals surface area contributed by atoms with Crippen molar-refractivity contribution in [2.75, 3.05) is 13.1 Å². The SMILES string of the molecule is Cn1nccc1C1(O)CN(C(=O)c2cc(F)c(F)c(O)c2F)C1. The number of β-amino-alcohol motifs (C(OH)–C–C–N with tert-alkyl or cyclic N) is 1. The second-order valence-corrected chi connectivity index (χ2v) is 5.42. The average Bonchev–Trinajstić information content (AvgIpc) is 2.91. The van der Waals surface area contributed by atoms with Gasteiger partial charge in [0.2, 0.25) is 5.82 Å². The number of nitrogens with zero attached hydrogens (tertiary/aromatic N) is 3. The minimum absolute atomic E-state index is 0.162. The number of aromatic hydroxyl groups is 1. The van der Waals surface area contributed by atoms with Crippen molar-refractivity contribution in [2.24, 2.45) is 7.05 Å². The molecule has 2 aromatic rings. The number of carbonyl (C=O) groups excluding carboxylic acids is 1. The van der Waals surface area contributed by atoms with Crippen LogP contribution in [0.25, 0.3) is 0 Å². The van der Waals surface area contributed by atoms with Gasteiger partial charge >= 0.3 is 0 Å². The molecule has 1 amide bonds. The van der Waals surface area contributed by atoms with E-state index in [-0.39, 0.29) is 13.1 Å².